The third-order valence-corrected chi connectivity index (χ3v) is 4.19. The van der Waals surface area contributed by atoms with Crippen LogP contribution < -0.4 is 5.32 Å². The topological polar surface area (TPSA) is 32.3 Å². The van der Waals surface area contributed by atoms with Gasteiger partial charge in [0.2, 0.25) is 0 Å². The van der Waals surface area contributed by atoms with Gasteiger partial charge in [-0.2, -0.15) is 0 Å². The zero-order chi connectivity index (χ0) is 15.1. The molecule has 114 valence electrons. The number of carbonyl (C=O) groups is 1. The molecule has 0 aromatic heterocycles. The molecule has 2 rings (SSSR count). The van der Waals surface area contributed by atoms with Crippen molar-refractivity contribution >= 4 is 11.7 Å². The van der Waals surface area contributed by atoms with E-state index >= 15 is 0 Å². The minimum Gasteiger partial charge on any atom is -0.318 e. The molecule has 1 aromatic carbocycles. The number of nitrogens with zero attached hydrogens (tertiary/aromatic N) is 1. The van der Waals surface area contributed by atoms with Gasteiger partial charge in [-0.3, -0.25) is 0 Å². The Morgan fingerprint density at radius 2 is 2.14 bits per heavy atom. The molecule has 1 saturated carbocycles. The zero-order valence-corrected chi connectivity index (χ0v) is 13.0. The highest BCUT2D eigenvalue weighted by Gasteiger charge is 2.24. The monoisotopic (exact) mass is 286 g/mol. The molecule has 0 bridgehead atoms. The summed E-state index contributed by atoms with van der Waals surface area (Å²) in [5, 5.41) is 3.04. The highest BCUT2D eigenvalue weighted by Crippen LogP contribution is 2.23. The molecule has 21 heavy (non-hydrogen) atoms. The number of amides is 2. The van der Waals surface area contributed by atoms with Crippen molar-refractivity contribution in [1.29, 1.82) is 0 Å². The second-order valence-electron chi connectivity index (χ2n) is 5.72. The number of hydrogen-bond acceptors (Lipinski definition) is 1. The van der Waals surface area contributed by atoms with Gasteiger partial charge < -0.3 is 10.2 Å². The summed E-state index contributed by atoms with van der Waals surface area (Å²) in [6.07, 6.45) is 8.73. The van der Waals surface area contributed by atoms with Crippen LogP contribution in [-0.2, 0) is 6.42 Å². The summed E-state index contributed by atoms with van der Waals surface area (Å²) in [5.41, 5.74) is 2.12. The largest absolute Gasteiger partial charge is 0.322 e. The summed E-state index contributed by atoms with van der Waals surface area (Å²) in [7, 11) is 0. The van der Waals surface area contributed by atoms with Crippen molar-refractivity contribution in [2.75, 3.05) is 11.9 Å². The summed E-state index contributed by atoms with van der Waals surface area (Å²) in [5.74, 6) is 0. The van der Waals surface area contributed by atoms with Crippen molar-refractivity contribution in [3.05, 3.63) is 42.5 Å². The molecule has 0 saturated heterocycles. The average molecular weight is 286 g/mol. The van der Waals surface area contributed by atoms with Crippen LogP contribution in [0.4, 0.5) is 10.5 Å². The normalized spacial score (nSPS) is 15.5. The molecule has 3 nitrogen and oxygen atoms in total. The molecular formula is C18H26N2O. The molecular weight excluding hydrogens is 260 g/mol. The molecule has 0 radical (unpaired) electrons. The summed E-state index contributed by atoms with van der Waals surface area (Å²) in [6, 6.07) is 8.42. The lowest BCUT2D eigenvalue weighted by atomic mass is 9.94. The number of carbonyl (C=O) groups excluding carboxylic acids is 1. The maximum atomic E-state index is 12.6. The first-order chi connectivity index (χ1) is 10.2. The van der Waals surface area contributed by atoms with Gasteiger partial charge >= 0.3 is 6.03 Å². The number of urea groups is 1. The molecule has 3 heteroatoms. The number of rotatable bonds is 5. The fourth-order valence-electron chi connectivity index (χ4n) is 2.99. The van der Waals surface area contributed by atoms with Gasteiger partial charge in [0.1, 0.15) is 0 Å². The molecule has 1 fully saturated rings. The highest BCUT2D eigenvalue weighted by atomic mass is 16.2. The van der Waals surface area contributed by atoms with E-state index in [2.05, 4.69) is 24.9 Å². The number of aryl methyl sites for hydroxylation is 1. The van der Waals surface area contributed by atoms with Crippen LogP contribution in [0.15, 0.2) is 36.9 Å². The van der Waals surface area contributed by atoms with Crippen LogP contribution in [0.3, 0.4) is 0 Å². The predicted octanol–water partition coefficient (Wildman–Crippen LogP) is 4.60. The van der Waals surface area contributed by atoms with Crippen molar-refractivity contribution in [2.24, 2.45) is 0 Å². The Kier molecular flexibility index (Phi) is 5.85. The van der Waals surface area contributed by atoms with Crippen LogP contribution in [0.5, 0.6) is 0 Å². The first-order valence-corrected chi connectivity index (χ1v) is 8.02. The van der Waals surface area contributed by atoms with E-state index in [1.807, 2.05) is 29.2 Å². The number of nitrogens with one attached hydrogen (secondary N) is 1. The van der Waals surface area contributed by atoms with E-state index < -0.39 is 0 Å². The smallest absolute Gasteiger partial charge is 0.318 e. The minimum atomic E-state index is -0.00458. The van der Waals surface area contributed by atoms with E-state index in [9.17, 15) is 4.79 Å². The summed E-state index contributed by atoms with van der Waals surface area (Å²) >= 11 is 0. The molecule has 1 aromatic rings. The molecule has 0 atom stereocenters. The van der Waals surface area contributed by atoms with E-state index in [0.29, 0.717) is 12.6 Å². The van der Waals surface area contributed by atoms with E-state index in [4.69, 9.17) is 0 Å². The Morgan fingerprint density at radius 1 is 1.38 bits per heavy atom. The molecule has 2 amide bonds. The fraction of sp³-hybridized carbons (Fsp3) is 0.500. The van der Waals surface area contributed by atoms with Gasteiger partial charge in [0, 0.05) is 18.3 Å². The Morgan fingerprint density at radius 3 is 2.81 bits per heavy atom. The van der Waals surface area contributed by atoms with Crippen molar-refractivity contribution < 1.29 is 4.79 Å². The number of hydrogen-bond donors (Lipinski definition) is 1. The third-order valence-electron chi connectivity index (χ3n) is 4.19. The van der Waals surface area contributed by atoms with E-state index in [-0.39, 0.29) is 6.03 Å². The lowest BCUT2D eigenvalue weighted by Gasteiger charge is -2.33. The van der Waals surface area contributed by atoms with Crippen molar-refractivity contribution in [1.82, 2.24) is 4.90 Å². The van der Waals surface area contributed by atoms with Gasteiger partial charge in [0.05, 0.1) is 0 Å². The number of benzene rings is 1. The Bertz CT molecular complexity index is 478. The SMILES string of the molecule is C=CCN(C(=O)Nc1cccc(CC)c1)C1CCCCC1. The van der Waals surface area contributed by atoms with Crippen molar-refractivity contribution in [3.8, 4) is 0 Å². The Balaban J connectivity index is 2.04. The van der Waals surface area contributed by atoms with Crippen LogP contribution in [0.25, 0.3) is 0 Å². The summed E-state index contributed by atoms with van der Waals surface area (Å²) < 4.78 is 0. The van der Waals surface area contributed by atoms with Crippen molar-refractivity contribution in [3.63, 3.8) is 0 Å². The third kappa shape index (κ3) is 4.35. The second-order valence-corrected chi connectivity index (χ2v) is 5.72. The quantitative estimate of drug-likeness (QED) is 0.788. The predicted molar refractivity (Wildman–Crippen MR) is 88.6 cm³/mol. The molecule has 1 aliphatic rings. The van der Waals surface area contributed by atoms with Crippen LogP contribution in [-0.4, -0.2) is 23.5 Å². The van der Waals surface area contributed by atoms with Gasteiger partial charge in [0.15, 0.2) is 0 Å². The Labute approximate surface area is 128 Å². The van der Waals surface area contributed by atoms with Crippen LogP contribution in [0.1, 0.15) is 44.6 Å². The van der Waals surface area contributed by atoms with Gasteiger partial charge in [-0.15, -0.1) is 6.58 Å². The molecule has 1 aliphatic carbocycles. The summed E-state index contributed by atoms with van der Waals surface area (Å²) in [6.45, 7) is 6.52. The number of anilines is 1. The standard InChI is InChI=1S/C18H26N2O/c1-3-13-20(17-11-6-5-7-12-17)18(21)19-16-10-8-9-15(4-2)14-16/h3,8-10,14,17H,1,4-7,11-13H2,2H3,(H,19,21). The molecule has 0 heterocycles. The van der Waals surface area contributed by atoms with Gasteiger partial charge in [-0.1, -0.05) is 44.4 Å². The second kappa shape index (κ2) is 7.87. The lowest BCUT2D eigenvalue weighted by molar-refractivity contribution is 0.176. The Hall–Kier alpha value is -1.77. The minimum absolute atomic E-state index is 0.00458. The van der Waals surface area contributed by atoms with Crippen LogP contribution in [0.2, 0.25) is 0 Å². The molecule has 1 N–H and O–H groups in total. The average Bonchev–Trinajstić information content (AvgIpc) is 2.53. The molecule has 0 spiro atoms. The fourth-order valence-corrected chi connectivity index (χ4v) is 2.99. The van der Waals surface area contributed by atoms with Gasteiger partial charge in [-0.25, -0.2) is 4.79 Å². The van der Waals surface area contributed by atoms with Crippen molar-refractivity contribution in [2.45, 2.75) is 51.5 Å². The highest BCUT2D eigenvalue weighted by molar-refractivity contribution is 5.89. The van der Waals surface area contributed by atoms with Crippen LogP contribution >= 0.6 is 0 Å². The molecule has 0 aliphatic heterocycles. The van der Waals surface area contributed by atoms with Gasteiger partial charge in [-0.05, 0) is 37.0 Å². The maximum Gasteiger partial charge on any atom is 0.322 e. The first kappa shape index (κ1) is 15.6. The van der Waals surface area contributed by atoms with E-state index in [0.717, 1.165) is 24.9 Å². The molecule has 0 unspecified atom stereocenters. The maximum absolute atomic E-state index is 12.6. The van der Waals surface area contributed by atoms with Gasteiger partial charge in [0.25, 0.3) is 0 Å². The summed E-state index contributed by atoms with van der Waals surface area (Å²) in [4.78, 5) is 14.5. The van der Waals surface area contributed by atoms with E-state index in [1.54, 1.807) is 0 Å². The van der Waals surface area contributed by atoms with E-state index in [1.165, 1.54) is 24.8 Å². The first-order valence-electron chi connectivity index (χ1n) is 8.02. The zero-order valence-electron chi connectivity index (χ0n) is 13.0. The van der Waals surface area contributed by atoms with Crippen LogP contribution in [0, 0.1) is 0 Å². The lowest BCUT2D eigenvalue weighted by Crippen LogP contribution is -2.43.